The summed E-state index contributed by atoms with van der Waals surface area (Å²) < 4.78 is 4.92. The zero-order chi connectivity index (χ0) is 35.1. The molecular weight excluding hydrogens is 611 g/mol. The number of ether oxygens (including phenoxy) is 1. The second kappa shape index (κ2) is 19.2. The van der Waals surface area contributed by atoms with Crippen LogP contribution in [0.1, 0.15) is 116 Å². The molecule has 5 N–H and O–H groups in total. The molecule has 47 heavy (non-hydrogen) atoms. The van der Waals surface area contributed by atoms with Gasteiger partial charge in [0.25, 0.3) is 5.91 Å². The molecule has 266 valence electrons. The molecule has 1 unspecified atom stereocenters. The van der Waals surface area contributed by atoms with Crippen molar-refractivity contribution in [2.24, 2.45) is 16.5 Å². The first-order valence-electron chi connectivity index (χ1n) is 17.4. The number of unbranched alkanes of at least 4 members (excludes halogenated alkanes) is 9. The van der Waals surface area contributed by atoms with Gasteiger partial charge in [0, 0.05) is 24.8 Å². The third kappa shape index (κ3) is 11.1. The number of nitrogens with zero attached hydrogens (tertiary/aromatic N) is 2. The van der Waals surface area contributed by atoms with Crippen LogP contribution in [0, 0.1) is 0 Å². The summed E-state index contributed by atoms with van der Waals surface area (Å²) in [6.07, 6.45) is 22.9. The predicted octanol–water partition coefficient (Wildman–Crippen LogP) is 7.00. The fourth-order valence-electron chi connectivity index (χ4n) is 6.20. The van der Waals surface area contributed by atoms with Gasteiger partial charge in [-0.1, -0.05) is 88.6 Å². The molecule has 0 spiro atoms. The zero-order valence-electron chi connectivity index (χ0n) is 30.2. The van der Waals surface area contributed by atoms with Gasteiger partial charge >= 0.3 is 6.03 Å². The van der Waals surface area contributed by atoms with Crippen molar-refractivity contribution >= 4 is 34.1 Å². The summed E-state index contributed by atoms with van der Waals surface area (Å²) in [5.74, 6) is -0.0544. The number of benzene rings is 1. The summed E-state index contributed by atoms with van der Waals surface area (Å²) in [7, 11) is 0.451. The number of carbonyl (C=O) groups is 3. The number of nitrogens with one attached hydrogen (secondary N) is 1. The quantitative estimate of drug-likeness (QED) is 0.0704. The molecule has 9 nitrogen and oxygen atoms in total. The van der Waals surface area contributed by atoms with E-state index in [1.54, 1.807) is 12.0 Å². The van der Waals surface area contributed by atoms with Gasteiger partial charge in [-0.2, -0.15) is 4.99 Å². The monoisotopic (exact) mass is 673 g/mol. The van der Waals surface area contributed by atoms with Gasteiger partial charge in [-0.3, -0.25) is 4.79 Å². The number of urea groups is 1. The van der Waals surface area contributed by atoms with Crippen LogP contribution in [0.3, 0.4) is 0 Å². The average Bonchev–Trinajstić information content (AvgIpc) is 3.23. The molecule has 1 aromatic carbocycles. The minimum atomic E-state index is -1.15. The highest BCUT2D eigenvalue weighted by atomic mass is 32.3. The zero-order valence-corrected chi connectivity index (χ0v) is 31.1. The summed E-state index contributed by atoms with van der Waals surface area (Å²) in [6, 6.07) is 9.05. The van der Waals surface area contributed by atoms with Crippen LogP contribution in [0.25, 0.3) is 0 Å². The van der Waals surface area contributed by atoms with Crippen molar-refractivity contribution in [2.75, 3.05) is 39.0 Å². The van der Waals surface area contributed by atoms with Crippen LogP contribution in [0.15, 0.2) is 46.6 Å². The van der Waals surface area contributed by atoms with Crippen LogP contribution in [0.2, 0.25) is 0 Å². The van der Waals surface area contributed by atoms with Crippen molar-refractivity contribution in [1.82, 2.24) is 10.2 Å². The van der Waals surface area contributed by atoms with Gasteiger partial charge in [-0.05, 0) is 63.9 Å². The second-order valence-corrected chi connectivity index (χ2v) is 18.6. The summed E-state index contributed by atoms with van der Waals surface area (Å²) in [5, 5.41) is 3.05. The molecule has 3 rings (SSSR count). The van der Waals surface area contributed by atoms with Gasteiger partial charge in [0.1, 0.15) is 12.1 Å². The second-order valence-electron chi connectivity index (χ2n) is 14.2. The van der Waals surface area contributed by atoms with Gasteiger partial charge in [-0.25, -0.2) is 14.8 Å². The van der Waals surface area contributed by atoms with Crippen LogP contribution in [0.5, 0.6) is 0 Å². The topological polar surface area (TPSA) is 140 Å². The molecule has 0 aromatic heterocycles. The Kier molecular flexibility index (Phi) is 16.5. The number of hydrogen-bond donors (Lipinski definition) is 3. The smallest absolute Gasteiger partial charge is 0.319 e. The maximum atomic E-state index is 13.3. The number of aldehydes is 1. The van der Waals surface area contributed by atoms with Crippen molar-refractivity contribution < 1.29 is 19.1 Å². The molecule has 3 amide bonds. The summed E-state index contributed by atoms with van der Waals surface area (Å²) in [4.78, 5) is 42.5. The van der Waals surface area contributed by atoms with E-state index in [4.69, 9.17) is 16.2 Å². The highest BCUT2D eigenvalue weighted by Gasteiger charge is 2.51. The Morgan fingerprint density at radius 1 is 1.02 bits per heavy atom. The average molecular weight is 674 g/mol. The molecule has 1 heterocycles. The lowest BCUT2D eigenvalue weighted by molar-refractivity contribution is -0.122. The molecule has 1 aromatic rings. The number of nitrogens with two attached hydrogens (primary N) is 2. The van der Waals surface area contributed by atoms with E-state index in [9.17, 15) is 14.4 Å². The third-order valence-corrected chi connectivity index (χ3v) is 12.7. The van der Waals surface area contributed by atoms with Crippen molar-refractivity contribution in [3.8, 4) is 0 Å². The number of hydrogen-bond acceptors (Lipinski definition) is 5. The Bertz CT molecular complexity index is 1200. The Labute approximate surface area is 286 Å². The van der Waals surface area contributed by atoms with E-state index in [2.05, 4.69) is 36.0 Å². The van der Waals surface area contributed by atoms with Crippen molar-refractivity contribution in [2.45, 2.75) is 121 Å². The summed E-state index contributed by atoms with van der Waals surface area (Å²) in [5.41, 5.74) is 13.9. The van der Waals surface area contributed by atoms with E-state index >= 15 is 0 Å². The van der Waals surface area contributed by atoms with Crippen LogP contribution in [0.4, 0.5) is 4.79 Å². The van der Waals surface area contributed by atoms with Gasteiger partial charge in [0.2, 0.25) is 0 Å². The minimum absolute atomic E-state index is 0.109. The first kappa shape index (κ1) is 40.3. The van der Waals surface area contributed by atoms with Crippen LogP contribution < -0.4 is 16.8 Å². The molecule has 1 aliphatic heterocycles. The Hall–Kier alpha value is -2.85. The largest absolute Gasteiger partial charge is 0.400 e. The van der Waals surface area contributed by atoms with Gasteiger partial charge < -0.3 is 31.2 Å². The standard InChI is InChI=1S/C25H39N5O3S.C12H24O/c1-24(2)20(26)18(21(27)29-22(31)25(13-10-14-25)34(4,5)6)15-30(24)23(32)28-19(16-33-3)17-11-8-7-9-12-17;1-2-3-4-5-6-7-8-9-10-11-12-13/h7-9,11-12,19H,10,13-16,26H2,1-6H3,(H,28,32)(H2,27,29,31);12H,2-11H2,1H3. The van der Waals surface area contributed by atoms with Crippen molar-refractivity contribution in [3.05, 3.63) is 47.2 Å². The highest BCUT2D eigenvalue weighted by molar-refractivity contribution is 8.33. The maximum absolute atomic E-state index is 13.3. The molecule has 1 atom stereocenters. The van der Waals surface area contributed by atoms with E-state index in [0.717, 1.165) is 44.0 Å². The molecule has 2 aliphatic rings. The minimum Gasteiger partial charge on any atom is -0.400 e. The van der Waals surface area contributed by atoms with Gasteiger partial charge in [-0.15, -0.1) is 0 Å². The fourth-order valence-corrected chi connectivity index (χ4v) is 8.29. The third-order valence-electron chi connectivity index (χ3n) is 9.73. The molecule has 1 saturated carbocycles. The first-order chi connectivity index (χ1) is 22.3. The number of rotatable bonds is 17. The maximum Gasteiger partial charge on any atom is 0.319 e. The lowest BCUT2D eigenvalue weighted by Gasteiger charge is -2.52. The van der Waals surface area contributed by atoms with E-state index in [0.29, 0.717) is 17.9 Å². The van der Waals surface area contributed by atoms with Crippen LogP contribution >= 0.6 is 10.0 Å². The molecule has 0 radical (unpaired) electrons. The Morgan fingerprint density at radius 2 is 1.60 bits per heavy atom. The molecule has 0 bridgehead atoms. The molecular formula is C37H63N5O4S. The Morgan fingerprint density at radius 3 is 2.09 bits per heavy atom. The summed E-state index contributed by atoms with van der Waals surface area (Å²) >= 11 is 0. The highest BCUT2D eigenvalue weighted by Crippen LogP contribution is 2.61. The molecule has 10 heteroatoms. The van der Waals surface area contributed by atoms with E-state index in [-0.39, 0.29) is 30.4 Å². The fraction of sp³-hybridized carbons (Fsp3) is 0.676. The number of methoxy groups -OCH3 is 1. The van der Waals surface area contributed by atoms with Crippen LogP contribution in [-0.4, -0.2) is 78.3 Å². The van der Waals surface area contributed by atoms with Gasteiger partial charge in [0.05, 0.1) is 29.5 Å². The summed E-state index contributed by atoms with van der Waals surface area (Å²) in [6.45, 7) is 6.49. The molecule has 1 aliphatic carbocycles. The van der Waals surface area contributed by atoms with E-state index in [1.807, 2.05) is 44.2 Å². The SMILES string of the molecule is CCCCCCCCCCCC=O.COCC(NC(=O)N1CC(C(N)=NC(=O)C2(S(C)(C)C)CCC2)=C(N)C1(C)C)c1ccccc1. The van der Waals surface area contributed by atoms with Crippen molar-refractivity contribution in [1.29, 1.82) is 0 Å². The lowest BCUT2D eigenvalue weighted by Crippen LogP contribution is -2.52. The Balaban J connectivity index is 0.000000500. The normalized spacial score (nSPS) is 18.1. The number of amidine groups is 1. The first-order valence-corrected chi connectivity index (χ1v) is 20.2. The van der Waals surface area contributed by atoms with Gasteiger partial charge in [0.15, 0.2) is 0 Å². The number of amides is 3. The lowest BCUT2D eigenvalue weighted by atomic mass is 9.83. The van der Waals surface area contributed by atoms with E-state index in [1.165, 1.54) is 51.4 Å². The molecule has 1 fully saturated rings. The predicted molar refractivity (Wildman–Crippen MR) is 198 cm³/mol. The molecule has 0 saturated heterocycles. The van der Waals surface area contributed by atoms with Crippen molar-refractivity contribution in [3.63, 3.8) is 0 Å². The number of aliphatic imine (C=N–C) groups is 1. The van der Waals surface area contributed by atoms with E-state index < -0.39 is 20.3 Å². The van der Waals surface area contributed by atoms with Crippen LogP contribution in [-0.2, 0) is 14.3 Å². The number of carbonyl (C=O) groups excluding carboxylic acids is 3.